The molecule has 4 nitrogen and oxygen atoms in total. The zero-order valence-electron chi connectivity index (χ0n) is 12.0. The molecule has 2 unspecified atom stereocenters. The first-order valence-electron chi connectivity index (χ1n) is 7.07. The zero-order chi connectivity index (χ0) is 14.3. The Morgan fingerprint density at radius 2 is 2.00 bits per heavy atom. The molecule has 0 aliphatic carbocycles. The first-order valence-corrected chi connectivity index (χ1v) is 7.07. The Balaban J connectivity index is 2.00. The molecule has 4 heteroatoms. The lowest BCUT2D eigenvalue weighted by Gasteiger charge is -2.50. The smallest absolute Gasteiger partial charge is 0.0994 e. The van der Waals surface area contributed by atoms with Crippen molar-refractivity contribution in [1.82, 2.24) is 4.90 Å². The van der Waals surface area contributed by atoms with Crippen LogP contribution in [-0.4, -0.2) is 42.4 Å². The van der Waals surface area contributed by atoms with E-state index in [9.17, 15) is 5.11 Å². The number of hydrogen-bond donors (Lipinski definition) is 1. The molecule has 0 aromatic heterocycles. The van der Waals surface area contributed by atoms with E-state index in [0.29, 0.717) is 31.6 Å². The minimum Gasteiger partial charge on any atom is -0.385 e. The van der Waals surface area contributed by atoms with Gasteiger partial charge in [0.1, 0.15) is 0 Å². The molecule has 106 valence electrons. The molecule has 2 saturated heterocycles. The predicted molar refractivity (Wildman–Crippen MR) is 75.2 cm³/mol. The molecule has 2 aliphatic heterocycles. The largest absolute Gasteiger partial charge is 0.385 e. The average Bonchev–Trinajstić information content (AvgIpc) is 2.41. The Kier molecular flexibility index (Phi) is 3.29. The summed E-state index contributed by atoms with van der Waals surface area (Å²) in [6.45, 7) is 3.27. The second kappa shape index (κ2) is 4.85. The molecule has 0 amide bonds. The van der Waals surface area contributed by atoms with E-state index in [2.05, 4.69) is 18.0 Å². The van der Waals surface area contributed by atoms with Gasteiger partial charge in [0.15, 0.2) is 0 Å². The van der Waals surface area contributed by atoms with Crippen LogP contribution in [0.2, 0.25) is 0 Å². The van der Waals surface area contributed by atoms with Crippen LogP contribution in [0.1, 0.15) is 29.5 Å². The molecule has 20 heavy (non-hydrogen) atoms. The highest BCUT2D eigenvalue weighted by molar-refractivity contribution is 5.44. The third-order valence-corrected chi connectivity index (χ3v) is 4.87. The van der Waals surface area contributed by atoms with Crippen LogP contribution in [0.3, 0.4) is 0 Å². The van der Waals surface area contributed by atoms with E-state index < -0.39 is 5.60 Å². The summed E-state index contributed by atoms with van der Waals surface area (Å²) in [5.74, 6) is 0. The third-order valence-electron chi connectivity index (χ3n) is 4.87. The van der Waals surface area contributed by atoms with Gasteiger partial charge in [-0.1, -0.05) is 12.1 Å². The maximum absolute atomic E-state index is 11.2. The first-order chi connectivity index (χ1) is 9.55. The number of hydrogen-bond acceptors (Lipinski definition) is 4. The summed E-state index contributed by atoms with van der Waals surface area (Å²) in [7, 11) is 2.11. The van der Waals surface area contributed by atoms with Crippen LogP contribution in [0.4, 0.5) is 0 Å². The minimum atomic E-state index is -0.845. The van der Waals surface area contributed by atoms with E-state index in [4.69, 9.17) is 10.00 Å². The van der Waals surface area contributed by atoms with Crippen molar-refractivity contribution in [2.75, 3.05) is 20.3 Å². The van der Waals surface area contributed by atoms with E-state index in [1.807, 2.05) is 19.1 Å². The Bertz CT molecular complexity index is 550. The monoisotopic (exact) mass is 272 g/mol. The molecule has 1 aromatic rings. The number of fused-ring (bicyclic) bond motifs is 2. The van der Waals surface area contributed by atoms with Gasteiger partial charge in [0.2, 0.25) is 0 Å². The number of rotatable bonds is 1. The average molecular weight is 272 g/mol. The molecule has 2 fully saturated rings. The summed E-state index contributed by atoms with van der Waals surface area (Å²) in [5, 5.41) is 20.3. The van der Waals surface area contributed by atoms with Crippen LogP contribution in [0.25, 0.3) is 0 Å². The first kappa shape index (κ1) is 13.6. The second-order valence-electron chi connectivity index (χ2n) is 6.04. The summed E-state index contributed by atoms with van der Waals surface area (Å²) in [5.41, 5.74) is 1.61. The lowest BCUT2D eigenvalue weighted by molar-refractivity contribution is -0.138. The fourth-order valence-electron chi connectivity index (χ4n) is 3.62. The number of benzene rings is 1. The molecule has 1 aromatic carbocycles. The van der Waals surface area contributed by atoms with E-state index in [0.717, 1.165) is 11.1 Å². The second-order valence-corrected chi connectivity index (χ2v) is 6.04. The van der Waals surface area contributed by atoms with Gasteiger partial charge in [-0.3, -0.25) is 4.90 Å². The fourth-order valence-corrected chi connectivity index (χ4v) is 3.62. The van der Waals surface area contributed by atoms with Crippen molar-refractivity contribution < 1.29 is 9.84 Å². The van der Waals surface area contributed by atoms with Crippen molar-refractivity contribution in [1.29, 1.82) is 5.26 Å². The molecule has 2 bridgehead atoms. The Labute approximate surface area is 119 Å². The van der Waals surface area contributed by atoms with E-state index in [-0.39, 0.29) is 12.1 Å². The number of nitriles is 1. The van der Waals surface area contributed by atoms with Crippen LogP contribution in [0.15, 0.2) is 18.2 Å². The van der Waals surface area contributed by atoms with Crippen LogP contribution in [0, 0.1) is 18.3 Å². The number of ether oxygens (including phenoxy) is 1. The highest BCUT2D eigenvalue weighted by atomic mass is 16.5. The van der Waals surface area contributed by atoms with Gasteiger partial charge < -0.3 is 9.84 Å². The number of aliphatic hydroxyl groups is 1. The molecule has 0 saturated carbocycles. The SMILES string of the molecule is Cc1c(C#N)cccc1C1(O)CC2COCC(C1)N2C. The Morgan fingerprint density at radius 1 is 1.35 bits per heavy atom. The fraction of sp³-hybridized carbons (Fsp3) is 0.562. The standard InChI is InChI=1S/C16H20N2O2/c1-11-12(8-17)4-3-5-15(11)16(19)6-13-9-20-10-14(7-16)18(13)2/h3-5,13-14,19H,6-7,9-10H2,1-2H3. The van der Waals surface area contributed by atoms with Crippen molar-refractivity contribution in [2.45, 2.75) is 37.5 Å². The van der Waals surface area contributed by atoms with Crippen LogP contribution in [0.5, 0.6) is 0 Å². The van der Waals surface area contributed by atoms with Crippen LogP contribution in [-0.2, 0) is 10.3 Å². The molecule has 1 N–H and O–H groups in total. The van der Waals surface area contributed by atoms with Crippen LogP contribution < -0.4 is 0 Å². The third kappa shape index (κ3) is 2.03. The molecule has 2 aliphatic rings. The minimum absolute atomic E-state index is 0.248. The number of piperidine rings is 1. The van der Waals surface area contributed by atoms with Gasteiger partial charge in [-0.15, -0.1) is 0 Å². The maximum atomic E-state index is 11.2. The number of nitrogens with zero attached hydrogens (tertiary/aromatic N) is 2. The van der Waals surface area contributed by atoms with Crippen molar-refractivity contribution >= 4 is 0 Å². The summed E-state index contributed by atoms with van der Waals surface area (Å²) >= 11 is 0. The van der Waals surface area contributed by atoms with Gasteiger partial charge in [0, 0.05) is 12.1 Å². The predicted octanol–water partition coefficient (Wildman–Crippen LogP) is 1.55. The normalized spacial score (nSPS) is 33.7. The van der Waals surface area contributed by atoms with E-state index in [1.54, 1.807) is 6.07 Å². The van der Waals surface area contributed by atoms with Crippen molar-refractivity contribution in [3.63, 3.8) is 0 Å². The lowest BCUT2D eigenvalue weighted by atomic mass is 9.75. The van der Waals surface area contributed by atoms with Crippen molar-refractivity contribution in [3.05, 3.63) is 34.9 Å². The summed E-state index contributed by atoms with van der Waals surface area (Å²) in [6, 6.07) is 8.33. The molecule has 3 rings (SSSR count). The molecular formula is C16H20N2O2. The van der Waals surface area contributed by atoms with Crippen LogP contribution >= 0.6 is 0 Å². The molecular weight excluding hydrogens is 252 g/mol. The van der Waals surface area contributed by atoms with Gasteiger partial charge in [-0.2, -0.15) is 5.26 Å². The van der Waals surface area contributed by atoms with Crippen molar-refractivity contribution in [3.8, 4) is 6.07 Å². The van der Waals surface area contributed by atoms with Gasteiger partial charge in [-0.05, 0) is 44.0 Å². The highest BCUT2D eigenvalue weighted by Gasteiger charge is 2.46. The molecule has 2 heterocycles. The summed E-state index contributed by atoms with van der Waals surface area (Å²) < 4.78 is 5.61. The Hall–Kier alpha value is -1.41. The Morgan fingerprint density at radius 3 is 2.60 bits per heavy atom. The quantitative estimate of drug-likeness (QED) is 0.842. The van der Waals surface area contributed by atoms with Crippen molar-refractivity contribution in [2.24, 2.45) is 0 Å². The molecule has 2 atom stereocenters. The highest BCUT2D eigenvalue weighted by Crippen LogP contribution is 2.41. The maximum Gasteiger partial charge on any atom is 0.0994 e. The molecule has 0 radical (unpaired) electrons. The summed E-state index contributed by atoms with van der Waals surface area (Å²) in [6.07, 6.45) is 1.32. The molecule has 0 spiro atoms. The number of likely N-dealkylation sites (N-methyl/N-ethyl adjacent to an activating group) is 1. The lowest BCUT2D eigenvalue weighted by Crippen LogP contribution is -2.59. The van der Waals surface area contributed by atoms with Gasteiger partial charge >= 0.3 is 0 Å². The van der Waals surface area contributed by atoms with Gasteiger partial charge in [0.05, 0.1) is 30.4 Å². The van der Waals surface area contributed by atoms with Gasteiger partial charge in [-0.25, -0.2) is 0 Å². The summed E-state index contributed by atoms with van der Waals surface area (Å²) in [4.78, 5) is 2.32. The van der Waals surface area contributed by atoms with Gasteiger partial charge in [0.25, 0.3) is 0 Å². The van der Waals surface area contributed by atoms with E-state index >= 15 is 0 Å². The topological polar surface area (TPSA) is 56.5 Å². The number of morpholine rings is 1. The zero-order valence-corrected chi connectivity index (χ0v) is 12.0. The van der Waals surface area contributed by atoms with E-state index in [1.165, 1.54) is 0 Å².